The van der Waals surface area contributed by atoms with E-state index in [-0.39, 0.29) is 18.9 Å². The molecule has 0 fully saturated rings. The van der Waals surface area contributed by atoms with Crippen molar-refractivity contribution in [3.05, 3.63) is 65.2 Å². The summed E-state index contributed by atoms with van der Waals surface area (Å²) in [5.74, 6) is -0.190. The van der Waals surface area contributed by atoms with E-state index >= 15 is 0 Å². The third-order valence-corrected chi connectivity index (χ3v) is 2.82. The van der Waals surface area contributed by atoms with E-state index in [0.717, 1.165) is 11.6 Å². The van der Waals surface area contributed by atoms with E-state index < -0.39 is 11.7 Å². The number of benzene rings is 2. The van der Waals surface area contributed by atoms with Crippen molar-refractivity contribution in [2.45, 2.75) is 19.3 Å². The van der Waals surface area contributed by atoms with E-state index in [1.165, 1.54) is 12.1 Å². The van der Waals surface area contributed by atoms with Gasteiger partial charge in [0.2, 0.25) is 0 Å². The highest BCUT2D eigenvalue weighted by Gasteiger charge is 2.34. The molecule has 0 heterocycles. The van der Waals surface area contributed by atoms with Gasteiger partial charge in [0.05, 0.1) is 5.56 Å². The monoisotopic (exact) mass is 281 g/mol. The summed E-state index contributed by atoms with van der Waals surface area (Å²) in [4.78, 5) is 0. The predicted molar refractivity (Wildman–Crippen MR) is 70.1 cm³/mol. The second kappa shape index (κ2) is 5.96. The first-order valence-electron chi connectivity index (χ1n) is 6.07. The number of hydrogen-bond acceptors (Lipinski definition) is 2. The summed E-state index contributed by atoms with van der Waals surface area (Å²) in [6.45, 7) is 0.248. The third kappa shape index (κ3) is 3.51. The van der Waals surface area contributed by atoms with Gasteiger partial charge in [-0.2, -0.15) is 13.2 Å². The molecule has 20 heavy (non-hydrogen) atoms. The fourth-order valence-corrected chi connectivity index (χ4v) is 1.78. The van der Waals surface area contributed by atoms with Crippen LogP contribution in [0.25, 0.3) is 0 Å². The van der Waals surface area contributed by atoms with Crippen molar-refractivity contribution in [3.8, 4) is 5.75 Å². The highest BCUT2D eigenvalue weighted by atomic mass is 19.4. The lowest BCUT2D eigenvalue weighted by Gasteiger charge is -2.15. The Morgan fingerprint density at radius 3 is 2.25 bits per heavy atom. The van der Waals surface area contributed by atoms with Crippen molar-refractivity contribution in [1.82, 2.24) is 0 Å². The van der Waals surface area contributed by atoms with Crippen LogP contribution >= 0.6 is 0 Å². The first kappa shape index (κ1) is 14.4. The van der Waals surface area contributed by atoms with Gasteiger partial charge in [-0.25, -0.2) is 0 Å². The van der Waals surface area contributed by atoms with Gasteiger partial charge in [-0.05, 0) is 23.3 Å². The molecule has 0 spiro atoms. The fourth-order valence-electron chi connectivity index (χ4n) is 1.78. The number of rotatable bonds is 4. The number of alkyl halides is 3. The highest BCUT2D eigenvalue weighted by Crippen LogP contribution is 2.37. The van der Waals surface area contributed by atoms with Crippen LogP contribution in [-0.4, -0.2) is 0 Å². The minimum Gasteiger partial charge on any atom is -0.488 e. The molecule has 0 saturated carbocycles. The molecule has 0 unspecified atom stereocenters. The summed E-state index contributed by atoms with van der Waals surface area (Å²) in [7, 11) is 0. The van der Waals surface area contributed by atoms with Crippen LogP contribution in [0.4, 0.5) is 13.2 Å². The first-order valence-corrected chi connectivity index (χ1v) is 6.07. The van der Waals surface area contributed by atoms with Gasteiger partial charge in [0.25, 0.3) is 0 Å². The van der Waals surface area contributed by atoms with Crippen molar-refractivity contribution in [3.63, 3.8) is 0 Å². The van der Waals surface area contributed by atoms with Crippen LogP contribution < -0.4 is 10.5 Å². The molecular formula is C15H14F3NO. The Morgan fingerprint density at radius 1 is 0.950 bits per heavy atom. The van der Waals surface area contributed by atoms with Crippen molar-refractivity contribution in [2.75, 3.05) is 0 Å². The molecule has 2 nitrogen and oxygen atoms in total. The van der Waals surface area contributed by atoms with Gasteiger partial charge in [-0.15, -0.1) is 0 Å². The van der Waals surface area contributed by atoms with Crippen molar-refractivity contribution < 1.29 is 17.9 Å². The predicted octanol–water partition coefficient (Wildman–Crippen LogP) is 3.74. The van der Waals surface area contributed by atoms with Gasteiger partial charge >= 0.3 is 6.18 Å². The molecule has 0 radical (unpaired) electrons. The van der Waals surface area contributed by atoms with E-state index in [2.05, 4.69) is 0 Å². The quantitative estimate of drug-likeness (QED) is 0.926. The second-order valence-electron chi connectivity index (χ2n) is 4.31. The molecule has 0 atom stereocenters. The van der Waals surface area contributed by atoms with Gasteiger partial charge < -0.3 is 10.5 Å². The molecule has 0 bridgehead atoms. The Bertz CT molecular complexity index is 567. The van der Waals surface area contributed by atoms with Crippen LogP contribution in [0.3, 0.4) is 0 Å². The molecule has 2 N–H and O–H groups in total. The zero-order valence-corrected chi connectivity index (χ0v) is 10.7. The number of halogens is 3. The lowest BCUT2D eigenvalue weighted by molar-refractivity contribution is -0.139. The Morgan fingerprint density at radius 2 is 1.65 bits per heavy atom. The van der Waals surface area contributed by atoms with Crippen molar-refractivity contribution in [1.29, 1.82) is 0 Å². The lowest BCUT2D eigenvalue weighted by atomic mass is 10.1. The van der Waals surface area contributed by atoms with E-state index in [9.17, 15) is 13.2 Å². The zero-order chi connectivity index (χ0) is 14.6. The molecule has 106 valence electrons. The number of ether oxygens (including phenoxy) is 1. The molecule has 0 aromatic heterocycles. The topological polar surface area (TPSA) is 35.2 Å². The molecule has 5 heteroatoms. The van der Waals surface area contributed by atoms with Crippen LogP contribution in [0.2, 0.25) is 0 Å². The summed E-state index contributed by atoms with van der Waals surface area (Å²) in [5.41, 5.74) is 6.06. The zero-order valence-electron chi connectivity index (χ0n) is 10.7. The van der Waals surface area contributed by atoms with Crippen molar-refractivity contribution >= 4 is 0 Å². The summed E-state index contributed by atoms with van der Waals surface area (Å²) in [6, 6.07) is 12.7. The van der Waals surface area contributed by atoms with E-state index in [1.807, 2.05) is 6.07 Å². The number of hydrogen-bond donors (Lipinski definition) is 1. The second-order valence-corrected chi connectivity index (χ2v) is 4.31. The van der Waals surface area contributed by atoms with Gasteiger partial charge in [-0.3, -0.25) is 0 Å². The van der Waals surface area contributed by atoms with Gasteiger partial charge in [0.1, 0.15) is 12.4 Å². The standard InChI is InChI=1S/C15H14F3NO/c16-15(17,18)13-7-6-12(9-19)8-14(13)20-10-11-4-2-1-3-5-11/h1-8H,9-10,19H2. The highest BCUT2D eigenvalue weighted by molar-refractivity contribution is 5.39. The molecule has 2 aromatic carbocycles. The molecule has 0 amide bonds. The SMILES string of the molecule is NCc1ccc(C(F)(F)F)c(OCc2ccccc2)c1. The van der Waals surface area contributed by atoms with Crippen LogP contribution in [0, 0.1) is 0 Å². The summed E-state index contributed by atoms with van der Waals surface area (Å²) < 4.78 is 44.0. The molecule has 0 saturated heterocycles. The van der Waals surface area contributed by atoms with Crippen LogP contribution in [0.5, 0.6) is 5.75 Å². The fraction of sp³-hybridized carbons (Fsp3) is 0.200. The van der Waals surface area contributed by atoms with Crippen molar-refractivity contribution in [2.24, 2.45) is 5.73 Å². The largest absolute Gasteiger partial charge is 0.488 e. The van der Waals surface area contributed by atoms with Crippen LogP contribution in [0.1, 0.15) is 16.7 Å². The Labute approximate surface area is 115 Å². The van der Waals surface area contributed by atoms with Gasteiger partial charge in [0, 0.05) is 6.54 Å². The smallest absolute Gasteiger partial charge is 0.419 e. The van der Waals surface area contributed by atoms with E-state index in [4.69, 9.17) is 10.5 Å². The maximum atomic E-state index is 12.9. The van der Waals surface area contributed by atoms with E-state index in [0.29, 0.717) is 5.56 Å². The molecule has 2 aromatic rings. The minimum absolute atomic E-state index is 0.0813. The molecule has 0 aliphatic carbocycles. The van der Waals surface area contributed by atoms with E-state index in [1.54, 1.807) is 24.3 Å². The van der Waals surface area contributed by atoms with Crippen LogP contribution in [0.15, 0.2) is 48.5 Å². The first-order chi connectivity index (χ1) is 9.50. The number of nitrogens with two attached hydrogens (primary N) is 1. The average molecular weight is 281 g/mol. The molecule has 0 aliphatic heterocycles. The normalized spacial score (nSPS) is 11.4. The Kier molecular flexibility index (Phi) is 4.29. The average Bonchev–Trinajstić information content (AvgIpc) is 2.45. The Balaban J connectivity index is 2.24. The Hall–Kier alpha value is -2.01. The minimum atomic E-state index is -4.45. The summed E-state index contributed by atoms with van der Waals surface area (Å²) >= 11 is 0. The molecule has 0 aliphatic rings. The lowest BCUT2D eigenvalue weighted by Crippen LogP contribution is -2.10. The summed E-state index contributed by atoms with van der Waals surface area (Å²) in [5, 5.41) is 0. The van der Waals surface area contributed by atoms with Crippen LogP contribution in [-0.2, 0) is 19.3 Å². The van der Waals surface area contributed by atoms with Gasteiger partial charge in [0.15, 0.2) is 0 Å². The maximum Gasteiger partial charge on any atom is 0.419 e. The molecular weight excluding hydrogens is 267 g/mol. The molecule has 2 rings (SSSR count). The maximum absolute atomic E-state index is 12.9. The van der Waals surface area contributed by atoms with Gasteiger partial charge in [-0.1, -0.05) is 36.4 Å². The third-order valence-electron chi connectivity index (χ3n) is 2.82. The summed E-state index contributed by atoms with van der Waals surface area (Å²) in [6.07, 6.45) is -4.45.